The number of allylic oxidation sites excluding steroid dienone is 1. The Morgan fingerprint density at radius 3 is 2.41 bits per heavy atom. The van der Waals surface area contributed by atoms with Gasteiger partial charge in [-0.1, -0.05) is 39.3 Å². The molecular weight excluding hydrogens is 364 g/mol. The Morgan fingerprint density at radius 2 is 1.69 bits per heavy atom. The van der Waals surface area contributed by atoms with E-state index in [2.05, 4.69) is 19.9 Å². The lowest BCUT2D eigenvalue weighted by molar-refractivity contribution is -0.159. The highest BCUT2D eigenvalue weighted by Gasteiger charge is 2.59. The maximum atomic E-state index is 12.0. The maximum absolute atomic E-state index is 12.0. The fourth-order valence-corrected chi connectivity index (χ4v) is 7.38. The number of ether oxygens (including phenoxy) is 2. The summed E-state index contributed by atoms with van der Waals surface area (Å²) < 4.78 is 11.6. The number of fused-ring (bicyclic) bond motifs is 5. The minimum Gasteiger partial charge on any atom is -0.462 e. The van der Waals surface area contributed by atoms with Crippen molar-refractivity contribution in [3.8, 4) is 0 Å². The van der Waals surface area contributed by atoms with Crippen LogP contribution in [0.2, 0.25) is 0 Å². The molecule has 3 saturated carbocycles. The first-order chi connectivity index (χ1) is 13.8. The summed E-state index contributed by atoms with van der Waals surface area (Å²) in [5, 5.41) is 0. The monoisotopic (exact) mass is 402 g/mol. The van der Waals surface area contributed by atoms with E-state index < -0.39 is 0 Å². The molecule has 0 unspecified atom stereocenters. The van der Waals surface area contributed by atoms with Gasteiger partial charge in [0.15, 0.2) is 0 Å². The van der Waals surface area contributed by atoms with E-state index in [0.717, 1.165) is 38.5 Å². The summed E-state index contributed by atoms with van der Waals surface area (Å²) in [6, 6.07) is 0. The van der Waals surface area contributed by atoms with E-state index in [9.17, 15) is 9.59 Å². The molecule has 4 aliphatic carbocycles. The zero-order valence-electron chi connectivity index (χ0n) is 18.7. The first-order valence-corrected chi connectivity index (χ1v) is 11.9. The summed E-state index contributed by atoms with van der Waals surface area (Å²) in [5.41, 5.74) is 1.92. The van der Waals surface area contributed by atoms with E-state index in [1.807, 2.05) is 13.8 Å². The molecule has 0 radical (unpaired) electrons. The highest BCUT2D eigenvalue weighted by atomic mass is 16.5. The number of carbonyl (C=O) groups is 2. The normalized spacial score (nSPS) is 43.4. The van der Waals surface area contributed by atoms with Gasteiger partial charge in [-0.05, 0) is 68.1 Å². The van der Waals surface area contributed by atoms with Crippen molar-refractivity contribution in [1.29, 1.82) is 0 Å². The molecule has 0 spiro atoms. The summed E-state index contributed by atoms with van der Waals surface area (Å²) in [6.07, 6.45) is 12.4. The number of esters is 2. The summed E-state index contributed by atoms with van der Waals surface area (Å²) in [6.45, 7) is 8.61. The molecule has 4 rings (SSSR count). The molecular formula is C25H38O4. The molecule has 0 aliphatic heterocycles. The van der Waals surface area contributed by atoms with Crippen LogP contribution in [0.4, 0.5) is 0 Å². The van der Waals surface area contributed by atoms with Gasteiger partial charge in [-0.15, -0.1) is 0 Å². The third-order valence-corrected chi connectivity index (χ3v) is 9.12. The van der Waals surface area contributed by atoms with Crippen LogP contribution < -0.4 is 0 Å². The molecule has 4 nitrogen and oxygen atoms in total. The second-order valence-corrected chi connectivity index (χ2v) is 10.4. The molecule has 3 fully saturated rings. The van der Waals surface area contributed by atoms with Crippen molar-refractivity contribution in [3.05, 3.63) is 11.6 Å². The van der Waals surface area contributed by atoms with Crippen molar-refractivity contribution in [2.24, 2.45) is 28.6 Å². The molecule has 0 aromatic rings. The summed E-state index contributed by atoms with van der Waals surface area (Å²) in [7, 11) is 0. The molecule has 0 heterocycles. The van der Waals surface area contributed by atoms with Gasteiger partial charge in [0.25, 0.3) is 0 Å². The number of carbonyl (C=O) groups excluding carboxylic acids is 2. The van der Waals surface area contributed by atoms with Crippen LogP contribution in [-0.4, -0.2) is 24.1 Å². The average Bonchev–Trinajstić information content (AvgIpc) is 3.04. The maximum Gasteiger partial charge on any atom is 0.305 e. The summed E-state index contributed by atoms with van der Waals surface area (Å²) >= 11 is 0. The van der Waals surface area contributed by atoms with Crippen LogP contribution >= 0.6 is 0 Å². The minimum atomic E-state index is -0.0695. The van der Waals surface area contributed by atoms with E-state index in [4.69, 9.17) is 9.47 Å². The van der Waals surface area contributed by atoms with Gasteiger partial charge in [0.1, 0.15) is 12.2 Å². The van der Waals surface area contributed by atoms with Gasteiger partial charge in [0.2, 0.25) is 0 Å². The Balaban J connectivity index is 1.51. The first kappa shape index (κ1) is 20.9. The molecule has 0 N–H and O–H groups in total. The second kappa shape index (κ2) is 7.74. The lowest BCUT2D eigenvalue weighted by Gasteiger charge is -2.57. The Labute approximate surface area is 175 Å². The van der Waals surface area contributed by atoms with E-state index in [1.165, 1.54) is 18.4 Å². The third-order valence-electron chi connectivity index (χ3n) is 9.12. The third kappa shape index (κ3) is 3.45. The van der Waals surface area contributed by atoms with Crippen LogP contribution in [0, 0.1) is 28.6 Å². The van der Waals surface area contributed by atoms with Crippen molar-refractivity contribution in [2.45, 2.75) is 104 Å². The standard InChI is InChI=1S/C25H38O4/c1-5-22(26)28-17-11-13-24(3)16(15-17)7-8-18-19-9-10-21(29-23(27)6-2)25(19,4)14-12-20(18)24/h7,17-21H,5-6,8-15H2,1-4H3/t17-,18+,19-,20+,21+,24+,25+/m1/s1. The molecule has 4 aliphatic rings. The Morgan fingerprint density at radius 1 is 0.966 bits per heavy atom. The SMILES string of the molecule is CCC(=O)O[C@@H]1CC[C@@]2(C)C(=CC[C@H]3[C@H]4CC[C@H](OC(=O)CC)[C@@]4(C)CC[C@@H]32)C1. The largest absolute Gasteiger partial charge is 0.462 e. The van der Waals surface area contributed by atoms with Crippen molar-refractivity contribution < 1.29 is 19.1 Å². The van der Waals surface area contributed by atoms with Crippen molar-refractivity contribution >= 4 is 11.9 Å². The van der Waals surface area contributed by atoms with Crippen LogP contribution in [0.25, 0.3) is 0 Å². The van der Waals surface area contributed by atoms with Crippen LogP contribution in [0.15, 0.2) is 11.6 Å². The summed E-state index contributed by atoms with van der Waals surface area (Å²) in [4.78, 5) is 23.7. The van der Waals surface area contributed by atoms with Crippen LogP contribution in [0.3, 0.4) is 0 Å². The van der Waals surface area contributed by atoms with E-state index in [0.29, 0.717) is 30.6 Å². The number of rotatable bonds is 4. The molecule has 162 valence electrons. The minimum absolute atomic E-state index is 0.0447. The molecule has 7 atom stereocenters. The van der Waals surface area contributed by atoms with Gasteiger partial charge < -0.3 is 9.47 Å². The highest BCUT2D eigenvalue weighted by Crippen LogP contribution is 2.65. The Kier molecular flexibility index (Phi) is 5.59. The smallest absolute Gasteiger partial charge is 0.305 e. The van der Waals surface area contributed by atoms with E-state index in [1.54, 1.807) is 0 Å². The number of hydrogen-bond donors (Lipinski definition) is 0. The van der Waals surface area contributed by atoms with Gasteiger partial charge in [-0.2, -0.15) is 0 Å². The predicted octanol–water partition coefficient (Wildman–Crippen LogP) is 5.59. The van der Waals surface area contributed by atoms with Crippen LogP contribution in [0.1, 0.15) is 91.9 Å². The molecule has 0 amide bonds. The van der Waals surface area contributed by atoms with Crippen LogP contribution in [-0.2, 0) is 19.1 Å². The lowest BCUT2D eigenvalue weighted by atomic mass is 9.48. The highest BCUT2D eigenvalue weighted by molar-refractivity contribution is 5.69. The first-order valence-electron chi connectivity index (χ1n) is 11.9. The van der Waals surface area contributed by atoms with Crippen molar-refractivity contribution in [2.75, 3.05) is 0 Å². The second-order valence-electron chi connectivity index (χ2n) is 10.4. The van der Waals surface area contributed by atoms with Gasteiger partial charge >= 0.3 is 11.9 Å². The fourth-order valence-electron chi connectivity index (χ4n) is 7.38. The molecule has 0 aromatic carbocycles. The Bertz CT molecular complexity index is 697. The molecule has 0 bridgehead atoms. The average molecular weight is 403 g/mol. The van der Waals surface area contributed by atoms with Gasteiger partial charge in [0.05, 0.1) is 0 Å². The zero-order valence-corrected chi connectivity index (χ0v) is 18.7. The molecule has 0 saturated heterocycles. The van der Waals surface area contributed by atoms with Crippen molar-refractivity contribution in [1.82, 2.24) is 0 Å². The van der Waals surface area contributed by atoms with Gasteiger partial charge in [-0.3, -0.25) is 9.59 Å². The van der Waals surface area contributed by atoms with Crippen LogP contribution in [0.5, 0.6) is 0 Å². The van der Waals surface area contributed by atoms with Crippen molar-refractivity contribution in [3.63, 3.8) is 0 Å². The molecule has 0 aromatic heterocycles. The fraction of sp³-hybridized carbons (Fsp3) is 0.840. The summed E-state index contributed by atoms with van der Waals surface area (Å²) in [5.74, 6) is 1.95. The number of hydrogen-bond acceptors (Lipinski definition) is 4. The molecule has 29 heavy (non-hydrogen) atoms. The zero-order chi connectivity index (χ0) is 20.8. The quantitative estimate of drug-likeness (QED) is 0.454. The van der Waals surface area contributed by atoms with Gasteiger partial charge in [-0.25, -0.2) is 0 Å². The van der Waals surface area contributed by atoms with E-state index in [-0.39, 0.29) is 35.0 Å². The van der Waals surface area contributed by atoms with Gasteiger partial charge in [0, 0.05) is 24.7 Å². The Hall–Kier alpha value is -1.32. The molecule has 4 heteroatoms. The predicted molar refractivity (Wildman–Crippen MR) is 112 cm³/mol. The van der Waals surface area contributed by atoms with E-state index >= 15 is 0 Å². The lowest BCUT2D eigenvalue weighted by Crippen LogP contribution is -2.51. The topological polar surface area (TPSA) is 52.6 Å².